The maximum atomic E-state index is 5.87. The molecule has 2 N–H and O–H groups in total. The predicted molar refractivity (Wildman–Crippen MR) is 87.1 cm³/mol. The third-order valence-electron chi connectivity index (χ3n) is 2.91. The molecule has 0 bridgehead atoms. The summed E-state index contributed by atoms with van der Waals surface area (Å²) in [5.74, 6) is 1.64. The van der Waals surface area contributed by atoms with Crippen LogP contribution in [0.4, 0.5) is 0 Å². The van der Waals surface area contributed by atoms with Gasteiger partial charge in [-0.25, -0.2) is 0 Å². The molecule has 0 radical (unpaired) electrons. The summed E-state index contributed by atoms with van der Waals surface area (Å²) < 4.78 is 11.0. The van der Waals surface area contributed by atoms with E-state index in [0.717, 1.165) is 11.7 Å². The molecule has 118 valence electrons. The van der Waals surface area contributed by atoms with E-state index < -0.39 is 0 Å². The predicted octanol–water partition coefficient (Wildman–Crippen LogP) is 1.96. The second kappa shape index (κ2) is 9.23. The molecule has 0 spiro atoms. The molecule has 21 heavy (non-hydrogen) atoms. The number of aryl methyl sites for hydroxylation is 1. The quantitative estimate of drug-likeness (QED) is 0.596. The van der Waals surface area contributed by atoms with Crippen LogP contribution in [0, 0.1) is 6.92 Å². The molecule has 0 aromatic heterocycles. The summed E-state index contributed by atoms with van der Waals surface area (Å²) in [6.07, 6.45) is 0.0445. The Morgan fingerprint density at radius 3 is 2.71 bits per heavy atom. The average Bonchev–Trinajstić information content (AvgIpc) is 2.43. The van der Waals surface area contributed by atoms with E-state index in [1.54, 1.807) is 14.2 Å². The van der Waals surface area contributed by atoms with Gasteiger partial charge in [0.1, 0.15) is 11.9 Å². The van der Waals surface area contributed by atoms with Gasteiger partial charge in [0.2, 0.25) is 0 Å². The number of rotatable bonds is 7. The maximum Gasteiger partial charge on any atom is 0.191 e. The smallest absolute Gasteiger partial charge is 0.191 e. The van der Waals surface area contributed by atoms with Crippen LogP contribution < -0.4 is 15.4 Å². The van der Waals surface area contributed by atoms with Gasteiger partial charge in [-0.05, 0) is 38.5 Å². The normalized spacial score (nSPS) is 14.4. The van der Waals surface area contributed by atoms with Crippen LogP contribution in [0.2, 0.25) is 0 Å². The van der Waals surface area contributed by atoms with Crippen molar-refractivity contribution in [1.82, 2.24) is 10.6 Å². The van der Waals surface area contributed by atoms with Gasteiger partial charge in [-0.2, -0.15) is 0 Å². The molecule has 5 nitrogen and oxygen atoms in total. The molecule has 0 saturated heterocycles. The van der Waals surface area contributed by atoms with Crippen molar-refractivity contribution >= 4 is 5.96 Å². The fourth-order valence-corrected chi connectivity index (χ4v) is 1.92. The summed E-state index contributed by atoms with van der Waals surface area (Å²) in [4.78, 5) is 4.19. The van der Waals surface area contributed by atoms with Crippen molar-refractivity contribution in [3.05, 3.63) is 29.8 Å². The zero-order chi connectivity index (χ0) is 15.7. The van der Waals surface area contributed by atoms with Crippen LogP contribution in [-0.2, 0) is 4.74 Å². The number of hydrogen-bond acceptors (Lipinski definition) is 3. The zero-order valence-corrected chi connectivity index (χ0v) is 13.6. The highest BCUT2D eigenvalue weighted by atomic mass is 16.5. The van der Waals surface area contributed by atoms with E-state index in [2.05, 4.69) is 28.6 Å². The van der Waals surface area contributed by atoms with Crippen LogP contribution >= 0.6 is 0 Å². The second-order valence-electron chi connectivity index (χ2n) is 5.20. The summed E-state index contributed by atoms with van der Waals surface area (Å²) in [5.41, 5.74) is 1.19. The first-order valence-electron chi connectivity index (χ1n) is 7.24. The van der Waals surface area contributed by atoms with Crippen LogP contribution in [0.5, 0.6) is 5.75 Å². The summed E-state index contributed by atoms with van der Waals surface area (Å²) in [5, 5.41) is 6.51. The fraction of sp³-hybridized carbons (Fsp3) is 0.562. The van der Waals surface area contributed by atoms with Gasteiger partial charge in [-0.15, -0.1) is 0 Å². The number of hydrogen-bond donors (Lipinski definition) is 2. The second-order valence-corrected chi connectivity index (χ2v) is 5.20. The number of ether oxygens (including phenoxy) is 2. The largest absolute Gasteiger partial charge is 0.489 e. The van der Waals surface area contributed by atoms with E-state index in [1.807, 2.05) is 32.0 Å². The van der Waals surface area contributed by atoms with Gasteiger partial charge in [0.05, 0.1) is 13.2 Å². The molecule has 5 heteroatoms. The van der Waals surface area contributed by atoms with Crippen molar-refractivity contribution in [3.8, 4) is 5.75 Å². The Bertz CT molecular complexity index is 449. The number of nitrogens with one attached hydrogen (secondary N) is 2. The molecule has 2 atom stereocenters. The minimum atomic E-state index is 0.0445. The number of benzene rings is 1. The van der Waals surface area contributed by atoms with Crippen LogP contribution in [0.25, 0.3) is 0 Å². The Morgan fingerprint density at radius 2 is 2.10 bits per heavy atom. The Morgan fingerprint density at radius 1 is 1.33 bits per heavy atom. The monoisotopic (exact) mass is 293 g/mol. The van der Waals surface area contributed by atoms with Gasteiger partial charge in [0.25, 0.3) is 0 Å². The zero-order valence-electron chi connectivity index (χ0n) is 13.6. The van der Waals surface area contributed by atoms with Crippen LogP contribution in [0.15, 0.2) is 29.3 Å². The van der Waals surface area contributed by atoms with Crippen molar-refractivity contribution in [2.75, 3.05) is 27.3 Å². The summed E-state index contributed by atoms with van der Waals surface area (Å²) >= 11 is 0. The highest BCUT2D eigenvalue weighted by Gasteiger charge is 2.08. The molecular weight excluding hydrogens is 266 g/mol. The summed E-state index contributed by atoms with van der Waals surface area (Å²) in [7, 11) is 3.44. The van der Waals surface area contributed by atoms with E-state index in [4.69, 9.17) is 9.47 Å². The number of nitrogens with zero attached hydrogens (tertiary/aromatic N) is 1. The highest BCUT2D eigenvalue weighted by Crippen LogP contribution is 2.13. The Kier molecular flexibility index (Phi) is 7.61. The average molecular weight is 293 g/mol. The molecule has 0 aliphatic rings. The van der Waals surface area contributed by atoms with E-state index in [0.29, 0.717) is 13.2 Å². The lowest BCUT2D eigenvalue weighted by Gasteiger charge is -2.20. The molecule has 0 heterocycles. The van der Waals surface area contributed by atoms with Gasteiger partial charge in [0.15, 0.2) is 5.96 Å². The first kappa shape index (κ1) is 17.3. The highest BCUT2D eigenvalue weighted by molar-refractivity contribution is 5.79. The van der Waals surface area contributed by atoms with E-state index in [-0.39, 0.29) is 12.1 Å². The van der Waals surface area contributed by atoms with Crippen LogP contribution in [0.3, 0.4) is 0 Å². The Hall–Kier alpha value is -1.75. The molecule has 1 rings (SSSR count). The molecule has 1 aromatic carbocycles. The van der Waals surface area contributed by atoms with E-state index in [1.165, 1.54) is 5.56 Å². The SMILES string of the molecule is CN=C(NCC(C)Oc1cccc(C)c1)NC(C)COC. The lowest BCUT2D eigenvalue weighted by molar-refractivity contribution is 0.178. The van der Waals surface area contributed by atoms with Crippen molar-refractivity contribution in [2.24, 2.45) is 4.99 Å². The van der Waals surface area contributed by atoms with Crippen molar-refractivity contribution in [3.63, 3.8) is 0 Å². The van der Waals surface area contributed by atoms with Crippen molar-refractivity contribution in [1.29, 1.82) is 0 Å². The topological polar surface area (TPSA) is 54.9 Å². The Labute approximate surface area is 127 Å². The van der Waals surface area contributed by atoms with Crippen molar-refractivity contribution in [2.45, 2.75) is 32.9 Å². The summed E-state index contributed by atoms with van der Waals surface area (Å²) in [6, 6.07) is 8.26. The van der Waals surface area contributed by atoms with Gasteiger partial charge >= 0.3 is 0 Å². The van der Waals surface area contributed by atoms with Gasteiger partial charge in [-0.3, -0.25) is 4.99 Å². The van der Waals surface area contributed by atoms with E-state index >= 15 is 0 Å². The third kappa shape index (κ3) is 6.99. The molecule has 1 aromatic rings. The summed E-state index contributed by atoms with van der Waals surface area (Å²) in [6.45, 7) is 7.44. The molecule has 2 unspecified atom stereocenters. The van der Waals surface area contributed by atoms with Gasteiger partial charge < -0.3 is 20.1 Å². The van der Waals surface area contributed by atoms with Gasteiger partial charge in [-0.1, -0.05) is 12.1 Å². The maximum absolute atomic E-state index is 5.87. The molecule has 0 aliphatic heterocycles. The molecule has 0 fully saturated rings. The lowest BCUT2D eigenvalue weighted by Crippen LogP contribution is -2.46. The molecule has 0 amide bonds. The number of methoxy groups -OCH3 is 1. The minimum absolute atomic E-state index is 0.0445. The third-order valence-corrected chi connectivity index (χ3v) is 2.91. The fourth-order valence-electron chi connectivity index (χ4n) is 1.92. The number of aliphatic imine (C=N–C) groups is 1. The van der Waals surface area contributed by atoms with Gasteiger partial charge in [0, 0.05) is 20.2 Å². The first-order valence-corrected chi connectivity index (χ1v) is 7.24. The first-order chi connectivity index (χ1) is 10.0. The molecule has 0 aliphatic carbocycles. The Balaban J connectivity index is 2.38. The molecular formula is C16H27N3O2. The number of guanidine groups is 1. The van der Waals surface area contributed by atoms with Crippen molar-refractivity contribution < 1.29 is 9.47 Å². The lowest BCUT2D eigenvalue weighted by atomic mass is 10.2. The van der Waals surface area contributed by atoms with Crippen LogP contribution in [0.1, 0.15) is 19.4 Å². The standard InChI is InChI=1S/C16H27N3O2/c1-12-7-6-8-15(9-12)21-14(3)10-18-16(17-4)19-13(2)11-20-5/h6-9,13-14H,10-11H2,1-5H3,(H2,17,18,19). The molecule has 0 saturated carbocycles. The van der Waals surface area contributed by atoms with E-state index in [9.17, 15) is 0 Å². The minimum Gasteiger partial charge on any atom is -0.489 e. The van der Waals surface area contributed by atoms with Crippen LogP contribution in [-0.4, -0.2) is 45.4 Å².